The molecular formula is C13H9BrClFN2O. The molecule has 0 radical (unpaired) electrons. The molecule has 0 spiro atoms. The van der Waals surface area contributed by atoms with Gasteiger partial charge in [-0.05, 0) is 36.4 Å². The Bertz CT molecular complexity index is 649. The summed E-state index contributed by atoms with van der Waals surface area (Å²) in [5, 5.41) is 3.03. The van der Waals surface area contributed by atoms with Crippen molar-refractivity contribution in [3.63, 3.8) is 0 Å². The first-order valence-electron chi connectivity index (χ1n) is 5.29. The van der Waals surface area contributed by atoms with Gasteiger partial charge in [0.2, 0.25) is 0 Å². The molecule has 0 aromatic heterocycles. The minimum Gasteiger partial charge on any atom is -0.396 e. The summed E-state index contributed by atoms with van der Waals surface area (Å²) in [4.78, 5) is 12.0. The molecule has 19 heavy (non-hydrogen) atoms. The Morgan fingerprint density at radius 3 is 2.63 bits per heavy atom. The Morgan fingerprint density at radius 2 is 2.00 bits per heavy atom. The zero-order chi connectivity index (χ0) is 14.0. The van der Waals surface area contributed by atoms with E-state index >= 15 is 0 Å². The summed E-state index contributed by atoms with van der Waals surface area (Å²) < 4.78 is 13.8. The number of nitrogens with one attached hydrogen (secondary N) is 1. The highest BCUT2D eigenvalue weighted by molar-refractivity contribution is 9.10. The maximum Gasteiger partial charge on any atom is 0.255 e. The number of carbonyl (C=O) groups excluding carboxylic acids is 1. The van der Waals surface area contributed by atoms with Crippen molar-refractivity contribution in [1.29, 1.82) is 0 Å². The monoisotopic (exact) mass is 342 g/mol. The highest BCUT2D eigenvalue weighted by Crippen LogP contribution is 2.26. The molecule has 0 atom stereocenters. The van der Waals surface area contributed by atoms with E-state index in [9.17, 15) is 9.18 Å². The van der Waals surface area contributed by atoms with Gasteiger partial charge in [0.1, 0.15) is 5.82 Å². The lowest BCUT2D eigenvalue weighted by molar-refractivity contribution is 0.102. The minimum absolute atomic E-state index is 0.0745. The number of benzene rings is 2. The van der Waals surface area contributed by atoms with Gasteiger partial charge in [0, 0.05) is 10.0 Å². The molecule has 3 N–H and O–H groups in total. The summed E-state index contributed by atoms with van der Waals surface area (Å²) in [5.74, 6) is -0.964. The molecule has 0 saturated carbocycles. The van der Waals surface area contributed by atoms with Crippen LogP contribution in [0, 0.1) is 5.82 Å². The van der Waals surface area contributed by atoms with Crippen LogP contribution in [0.2, 0.25) is 5.02 Å². The van der Waals surface area contributed by atoms with Gasteiger partial charge in [-0.3, -0.25) is 4.79 Å². The lowest BCUT2D eigenvalue weighted by Gasteiger charge is -2.08. The number of nitrogens with two attached hydrogens (primary N) is 1. The van der Waals surface area contributed by atoms with Crippen molar-refractivity contribution in [2.75, 3.05) is 11.1 Å². The van der Waals surface area contributed by atoms with Gasteiger partial charge < -0.3 is 11.1 Å². The SMILES string of the molecule is Nc1cc(C(=O)Nc2ccc(Br)cc2Cl)ccc1F. The standard InChI is InChI=1S/C13H9BrClFN2O/c14-8-2-4-12(9(15)6-8)18-13(19)7-1-3-10(16)11(17)5-7/h1-6H,17H2,(H,18,19). The number of amides is 1. The van der Waals surface area contributed by atoms with Crippen LogP contribution in [0.25, 0.3) is 0 Å². The maximum atomic E-state index is 13.0. The van der Waals surface area contributed by atoms with Crippen LogP contribution in [0.3, 0.4) is 0 Å². The van der Waals surface area contributed by atoms with E-state index in [-0.39, 0.29) is 11.3 Å². The molecule has 98 valence electrons. The summed E-state index contributed by atoms with van der Waals surface area (Å²) in [7, 11) is 0. The fourth-order valence-electron chi connectivity index (χ4n) is 1.47. The quantitative estimate of drug-likeness (QED) is 0.807. The third kappa shape index (κ3) is 3.24. The summed E-state index contributed by atoms with van der Waals surface area (Å²) in [6.07, 6.45) is 0. The third-order valence-electron chi connectivity index (χ3n) is 2.44. The first-order chi connectivity index (χ1) is 8.97. The number of hydrogen-bond acceptors (Lipinski definition) is 2. The second-order valence-electron chi connectivity index (χ2n) is 3.81. The molecule has 0 aliphatic rings. The average Bonchev–Trinajstić information content (AvgIpc) is 2.36. The highest BCUT2D eigenvalue weighted by atomic mass is 79.9. The van der Waals surface area contributed by atoms with Crippen molar-refractivity contribution in [3.8, 4) is 0 Å². The largest absolute Gasteiger partial charge is 0.396 e. The van der Waals surface area contributed by atoms with Crippen molar-refractivity contribution in [1.82, 2.24) is 0 Å². The lowest BCUT2D eigenvalue weighted by Crippen LogP contribution is -2.12. The van der Waals surface area contributed by atoms with Gasteiger partial charge in [-0.15, -0.1) is 0 Å². The van der Waals surface area contributed by atoms with E-state index in [1.165, 1.54) is 12.1 Å². The van der Waals surface area contributed by atoms with E-state index in [0.29, 0.717) is 10.7 Å². The number of anilines is 2. The fourth-order valence-corrected chi connectivity index (χ4v) is 2.19. The molecule has 0 bridgehead atoms. The summed E-state index contributed by atoms with van der Waals surface area (Å²) >= 11 is 9.26. The van der Waals surface area contributed by atoms with Gasteiger partial charge in [0.15, 0.2) is 0 Å². The van der Waals surface area contributed by atoms with Crippen LogP contribution in [0.5, 0.6) is 0 Å². The number of halogens is 3. The first-order valence-corrected chi connectivity index (χ1v) is 6.46. The van der Waals surface area contributed by atoms with Crippen molar-refractivity contribution in [2.24, 2.45) is 0 Å². The van der Waals surface area contributed by atoms with E-state index in [0.717, 1.165) is 10.5 Å². The predicted molar refractivity (Wildman–Crippen MR) is 77.9 cm³/mol. The van der Waals surface area contributed by atoms with Crippen molar-refractivity contribution >= 4 is 44.8 Å². The third-order valence-corrected chi connectivity index (χ3v) is 3.24. The molecule has 0 aliphatic carbocycles. The number of hydrogen-bond donors (Lipinski definition) is 2. The van der Waals surface area contributed by atoms with Gasteiger partial charge in [-0.25, -0.2) is 4.39 Å². The van der Waals surface area contributed by atoms with Crippen molar-refractivity contribution in [3.05, 3.63) is 57.3 Å². The zero-order valence-electron chi connectivity index (χ0n) is 9.58. The minimum atomic E-state index is -0.557. The Hall–Kier alpha value is -1.59. The zero-order valence-corrected chi connectivity index (χ0v) is 11.9. The topological polar surface area (TPSA) is 55.1 Å². The Balaban J connectivity index is 2.23. The number of rotatable bonds is 2. The first kappa shape index (κ1) is 13.8. The summed E-state index contributed by atoms with van der Waals surface area (Å²) in [6.45, 7) is 0. The predicted octanol–water partition coefficient (Wildman–Crippen LogP) is 4.08. The smallest absolute Gasteiger partial charge is 0.255 e. The molecule has 3 nitrogen and oxygen atoms in total. The van der Waals surface area contributed by atoms with E-state index in [4.69, 9.17) is 17.3 Å². The van der Waals surface area contributed by atoms with Gasteiger partial charge >= 0.3 is 0 Å². The summed E-state index contributed by atoms with van der Waals surface area (Å²) in [6, 6.07) is 8.85. The molecule has 0 heterocycles. The van der Waals surface area contributed by atoms with Gasteiger partial charge in [0.25, 0.3) is 5.91 Å². The number of nitrogen functional groups attached to an aromatic ring is 1. The van der Waals surface area contributed by atoms with E-state index < -0.39 is 11.7 Å². The highest BCUT2D eigenvalue weighted by Gasteiger charge is 2.10. The van der Waals surface area contributed by atoms with Gasteiger partial charge in [-0.1, -0.05) is 27.5 Å². The van der Waals surface area contributed by atoms with Crippen LogP contribution < -0.4 is 11.1 Å². The van der Waals surface area contributed by atoms with Crippen molar-refractivity contribution < 1.29 is 9.18 Å². The molecule has 0 aliphatic heterocycles. The fraction of sp³-hybridized carbons (Fsp3) is 0. The van der Waals surface area contributed by atoms with Crippen LogP contribution in [0.15, 0.2) is 40.9 Å². The summed E-state index contributed by atoms with van der Waals surface area (Å²) in [5.41, 5.74) is 6.07. The van der Waals surface area contributed by atoms with E-state index in [1.54, 1.807) is 18.2 Å². The van der Waals surface area contributed by atoms with Crippen LogP contribution in [0.4, 0.5) is 15.8 Å². The van der Waals surface area contributed by atoms with Crippen molar-refractivity contribution in [2.45, 2.75) is 0 Å². The molecule has 0 unspecified atom stereocenters. The van der Waals surface area contributed by atoms with Gasteiger partial charge in [0.05, 0.1) is 16.4 Å². The second kappa shape index (κ2) is 5.59. The molecule has 2 aromatic carbocycles. The molecular weight excluding hydrogens is 335 g/mol. The Morgan fingerprint density at radius 1 is 1.26 bits per heavy atom. The Kier molecular flexibility index (Phi) is 4.07. The molecule has 6 heteroatoms. The molecule has 2 aromatic rings. The van der Waals surface area contributed by atoms with E-state index in [1.807, 2.05) is 0 Å². The van der Waals surface area contributed by atoms with Crippen LogP contribution in [0.1, 0.15) is 10.4 Å². The lowest BCUT2D eigenvalue weighted by atomic mass is 10.2. The maximum absolute atomic E-state index is 13.0. The number of carbonyl (C=O) groups is 1. The molecule has 1 amide bonds. The molecule has 0 saturated heterocycles. The average molecular weight is 344 g/mol. The second-order valence-corrected chi connectivity index (χ2v) is 5.14. The normalized spacial score (nSPS) is 10.3. The van der Waals surface area contributed by atoms with Gasteiger partial charge in [-0.2, -0.15) is 0 Å². The molecule has 2 rings (SSSR count). The van der Waals surface area contributed by atoms with Crippen LogP contribution in [-0.4, -0.2) is 5.91 Å². The van der Waals surface area contributed by atoms with E-state index in [2.05, 4.69) is 21.2 Å². The molecule has 0 fully saturated rings. The van der Waals surface area contributed by atoms with Crippen LogP contribution in [-0.2, 0) is 0 Å². The Labute approximate surface area is 122 Å². The van der Waals surface area contributed by atoms with Crippen LogP contribution >= 0.6 is 27.5 Å².